The van der Waals surface area contributed by atoms with Crippen molar-refractivity contribution in [1.29, 1.82) is 0 Å². The molecule has 2 atom stereocenters. The maximum atomic E-state index is 12.4. The predicted molar refractivity (Wildman–Crippen MR) is 80.4 cm³/mol. The van der Waals surface area contributed by atoms with E-state index in [-0.39, 0.29) is 5.91 Å². The van der Waals surface area contributed by atoms with Crippen molar-refractivity contribution in [3.8, 4) is 0 Å². The molecule has 2 aliphatic rings. The number of carbonyl (C=O) groups is 4. The summed E-state index contributed by atoms with van der Waals surface area (Å²) >= 11 is 1.22. The Kier molecular flexibility index (Phi) is 3.32. The van der Waals surface area contributed by atoms with E-state index in [4.69, 9.17) is 0 Å². The van der Waals surface area contributed by atoms with Gasteiger partial charge in [-0.1, -0.05) is 12.1 Å². The summed E-state index contributed by atoms with van der Waals surface area (Å²) in [5.41, 5.74) is 0.621. The minimum absolute atomic E-state index is 0.311. The Morgan fingerprint density at radius 2 is 1.68 bits per heavy atom. The second-order valence-corrected chi connectivity index (χ2v) is 7.53. The smallest absolute Gasteiger partial charge is 0.262 e. The summed E-state index contributed by atoms with van der Waals surface area (Å²) < 4.78 is -0.713. The first-order valence-electron chi connectivity index (χ1n) is 6.77. The zero-order valence-electron chi connectivity index (χ0n) is 12.0. The largest absolute Gasteiger partial charge is 0.340 e. The molecular weight excluding hydrogens is 304 g/mol. The number of imide groups is 1. The van der Waals surface area contributed by atoms with Gasteiger partial charge in [-0.25, -0.2) is 0 Å². The highest BCUT2D eigenvalue weighted by Crippen LogP contribution is 2.36. The third kappa shape index (κ3) is 2.12. The van der Waals surface area contributed by atoms with Crippen LogP contribution in [0.5, 0.6) is 0 Å². The van der Waals surface area contributed by atoms with Crippen LogP contribution in [-0.4, -0.2) is 45.1 Å². The maximum absolute atomic E-state index is 12.4. The van der Waals surface area contributed by atoms with Crippen LogP contribution in [0, 0.1) is 0 Å². The molecule has 6 nitrogen and oxygen atoms in total. The molecule has 0 bridgehead atoms. The fraction of sp³-hybridized carbons (Fsp3) is 0.333. The zero-order valence-corrected chi connectivity index (χ0v) is 12.8. The van der Waals surface area contributed by atoms with Gasteiger partial charge in [0.2, 0.25) is 5.91 Å². The van der Waals surface area contributed by atoms with E-state index in [0.29, 0.717) is 11.1 Å². The lowest BCUT2D eigenvalue weighted by molar-refractivity contribution is -0.132. The number of benzene rings is 1. The molecule has 1 aromatic rings. The zero-order chi connectivity index (χ0) is 16.1. The van der Waals surface area contributed by atoms with Crippen molar-refractivity contribution in [2.45, 2.75) is 30.0 Å². The molecule has 7 heteroatoms. The van der Waals surface area contributed by atoms with E-state index in [1.165, 1.54) is 11.8 Å². The van der Waals surface area contributed by atoms with E-state index in [1.807, 2.05) is 0 Å². The highest BCUT2D eigenvalue weighted by atomic mass is 32.2. The molecule has 2 unspecified atom stereocenters. The van der Waals surface area contributed by atoms with Crippen LogP contribution in [0.2, 0.25) is 0 Å². The van der Waals surface area contributed by atoms with E-state index in [1.54, 1.807) is 38.1 Å². The number of amides is 3. The summed E-state index contributed by atoms with van der Waals surface area (Å²) in [4.78, 5) is 48.8. The van der Waals surface area contributed by atoms with Crippen LogP contribution < -0.4 is 5.32 Å². The number of fused-ring (bicyclic) bond motifs is 1. The molecule has 1 N–H and O–H groups in total. The Bertz CT molecular complexity index is 666. The molecule has 22 heavy (non-hydrogen) atoms. The van der Waals surface area contributed by atoms with Crippen LogP contribution in [0.4, 0.5) is 0 Å². The molecule has 3 rings (SSSR count). The van der Waals surface area contributed by atoms with Crippen molar-refractivity contribution in [2.75, 3.05) is 0 Å². The number of hydrogen-bond acceptors (Lipinski definition) is 5. The van der Waals surface area contributed by atoms with Gasteiger partial charge in [-0.2, -0.15) is 0 Å². The molecule has 3 amide bonds. The second kappa shape index (κ2) is 4.95. The third-order valence-electron chi connectivity index (χ3n) is 3.66. The quantitative estimate of drug-likeness (QED) is 0.505. The Hall–Kier alpha value is -2.15. The minimum atomic E-state index is -0.878. The highest BCUT2D eigenvalue weighted by Gasteiger charge is 2.53. The van der Waals surface area contributed by atoms with Gasteiger partial charge in [-0.3, -0.25) is 19.3 Å². The lowest BCUT2D eigenvalue weighted by atomic mass is 10.1. The molecule has 0 aromatic heterocycles. The first-order valence-corrected chi connectivity index (χ1v) is 7.65. The molecule has 0 radical (unpaired) electrons. The number of nitrogens with zero attached hydrogens (tertiary/aromatic N) is 1. The van der Waals surface area contributed by atoms with Crippen LogP contribution in [0.25, 0.3) is 0 Å². The normalized spacial score (nSPS) is 23.9. The van der Waals surface area contributed by atoms with Gasteiger partial charge < -0.3 is 10.1 Å². The molecule has 1 saturated heterocycles. The fourth-order valence-electron chi connectivity index (χ4n) is 2.51. The van der Waals surface area contributed by atoms with Gasteiger partial charge >= 0.3 is 0 Å². The Morgan fingerprint density at radius 1 is 1.14 bits per heavy atom. The number of thioether (sulfide) groups is 1. The number of β-lactam (4-membered cyclic amide) rings is 1. The molecule has 0 saturated carbocycles. The summed E-state index contributed by atoms with van der Waals surface area (Å²) in [6.45, 7) is 3.43. The number of aldehydes is 1. The SMILES string of the molecule is CC(C)(C=O)SC1NC(=O)C1N1C(=O)c2ccccc2C1=O. The second-order valence-electron chi connectivity index (χ2n) is 5.74. The molecule has 1 fully saturated rings. The molecule has 2 heterocycles. The average Bonchev–Trinajstić information content (AvgIpc) is 2.72. The standard InChI is InChI=1S/C15H14N2O4S/c1-15(2,7-18)22-12-10(11(19)16-12)17-13(20)8-5-3-4-6-9(8)14(17)21/h3-7,10,12H,1-2H3,(H,16,19). The Balaban J connectivity index is 1.88. The van der Waals surface area contributed by atoms with Crippen molar-refractivity contribution in [3.05, 3.63) is 35.4 Å². The van der Waals surface area contributed by atoms with Crippen LogP contribution in [0.15, 0.2) is 24.3 Å². The maximum Gasteiger partial charge on any atom is 0.262 e. The van der Waals surface area contributed by atoms with Gasteiger partial charge in [0.05, 0.1) is 15.9 Å². The molecule has 114 valence electrons. The summed E-state index contributed by atoms with van der Waals surface area (Å²) in [5, 5.41) is 2.17. The first kappa shape index (κ1) is 14.8. The molecule has 2 aliphatic heterocycles. The van der Waals surface area contributed by atoms with Crippen molar-refractivity contribution in [2.24, 2.45) is 0 Å². The van der Waals surface area contributed by atoms with Crippen LogP contribution in [0.3, 0.4) is 0 Å². The average molecular weight is 318 g/mol. The van der Waals surface area contributed by atoms with Crippen LogP contribution >= 0.6 is 11.8 Å². The van der Waals surface area contributed by atoms with E-state index < -0.39 is 28.0 Å². The van der Waals surface area contributed by atoms with Crippen molar-refractivity contribution < 1.29 is 19.2 Å². The van der Waals surface area contributed by atoms with Gasteiger partial charge in [0, 0.05) is 0 Å². The van der Waals surface area contributed by atoms with Crippen LogP contribution in [0.1, 0.15) is 34.6 Å². The first-order chi connectivity index (χ1) is 10.4. The number of carbonyl (C=O) groups excluding carboxylic acids is 4. The lowest BCUT2D eigenvalue weighted by Crippen LogP contribution is -2.69. The number of rotatable bonds is 4. The molecular formula is C15H14N2O4S. The van der Waals surface area contributed by atoms with E-state index in [9.17, 15) is 19.2 Å². The number of nitrogens with one attached hydrogen (secondary N) is 1. The van der Waals surface area contributed by atoms with Gasteiger partial charge in [-0.15, -0.1) is 11.8 Å². The molecule has 1 aromatic carbocycles. The molecule has 0 aliphatic carbocycles. The summed E-state index contributed by atoms with van der Waals surface area (Å²) in [7, 11) is 0. The minimum Gasteiger partial charge on any atom is -0.340 e. The topological polar surface area (TPSA) is 83.6 Å². The lowest BCUT2D eigenvalue weighted by Gasteiger charge is -2.42. The van der Waals surface area contributed by atoms with Crippen molar-refractivity contribution >= 4 is 35.8 Å². The Labute approximate surface area is 131 Å². The molecule has 0 spiro atoms. The van der Waals surface area contributed by atoms with Crippen molar-refractivity contribution in [1.82, 2.24) is 10.2 Å². The van der Waals surface area contributed by atoms with Crippen molar-refractivity contribution in [3.63, 3.8) is 0 Å². The van der Waals surface area contributed by atoms with Crippen LogP contribution in [-0.2, 0) is 9.59 Å². The highest BCUT2D eigenvalue weighted by molar-refractivity contribution is 8.02. The van der Waals surface area contributed by atoms with Gasteiger partial charge in [0.1, 0.15) is 17.7 Å². The summed E-state index contributed by atoms with van der Waals surface area (Å²) in [6.07, 6.45) is 0.779. The van der Waals surface area contributed by atoms with E-state index >= 15 is 0 Å². The summed E-state index contributed by atoms with van der Waals surface area (Å²) in [6, 6.07) is 5.62. The van der Waals surface area contributed by atoms with E-state index in [2.05, 4.69) is 5.32 Å². The van der Waals surface area contributed by atoms with E-state index in [0.717, 1.165) is 11.2 Å². The van der Waals surface area contributed by atoms with Gasteiger partial charge in [0.25, 0.3) is 11.8 Å². The number of hydrogen-bond donors (Lipinski definition) is 1. The summed E-state index contributed by atoms with van der Waals surface area (Å²) in [5.74, 6) is -1.31. The fourth-order valence-corrected chi connectivity index (χ4v) is 3.77. The van der Waals surface area contributed by atoms with Gasteiger partial charge in [-0.05, 0) is 26.0 Å². The third-order valence-corrected chi connectivity index (χ3v) is 4.99. The predicted octanol–water partition coefficient (Wildman–Crippen LogP) is 0.818. The monoisotopic (exact) mass is 318 g/mol. The Morgan fingerprint density at radius 3 is 2.14 bits per heavy atom. The van der Waals surface area contributed by atoms with Gasteiger partial charge in [0.15, 0.2) is 0 Å².